The van der Waals surface area contributed by atoms with E-state index in [1.807, 2.05) is 0 Å². The fourth-order valence-electron chi connectivity index (χ4n) is 5.29. The minimum atomic E-state index is -1.87. The van der Waals surface area contributed by atoms with Crippen molar-refractivity contribution < 1.29 is 16.6 Å². The van der Waals surface area contributed by atoms with Crippen LogP contribution in [0.5, 0.6) is 0 Å². The van der Waals surface area contributed by atoms with Gasteiger partial charge in [-0.1, -0.05) is 0 Å². The smallest absolute Gasteiger partial charge is 0.147 e. The zero-order valence-electron chi connectivity index (χ0n) is 18.7. The standard InChI is InChI=1S/C13H9.C12H10Si.C5H5.2ClH.Ti/c1-3-7-12-10(5-1)9-11-6-2-4-8-13(11)12;1-3-7-11(8-4-1)13-12-9-5-2-6-10-12;1-2-4-5-3-1;;;/h1-9H;1-10H;1-3H,4H2;2*1H;. The number of benzene rings is 4. The van der Waals surface area contributed by atoms with Crippen LogP contribution < -0.4 is 10.4 Å². The van der Waals surface area contributed by atoms with Gasteiger partial charge in [0.25, 0.3) is 0 Å². The van der Waals surface area contributed by atoms with E-state index in [-0.39, 0.29) is 24.8 Å². The fraction of sp³-hybridized carbons (Fsp3) is 0.0667. The van der Waals surface area contributed by atoms with Gasteiger partial charge in [-0.3, -0.25) is 0 Å². The largest absolute Gasteiger partial charge is 0.147 e. The van der Waals surface area contributed by atoms with E-state index < -0.39 is 22.8 Å². The Hall–Kier alpha value is -2.13. The molecule has 0 aromatic heterocycles. The molecule has 34 heavy (non-hydrogen) atoms. The maximum absolute atomic E-state index is 2.47. The number of allylic oxidation sites excluding steroid dienone is 4. The van der Waals surface area contributed by atoms with Crippen LogP contribution in [0.25, 0.3) is 11.1 Å². The number of hydrogen-bond acceptors (Lipinski definition) is 0. The summed E-state index contributed by atoms with van der Waals surface area (Å²) >= 11 is -1.87. The molecule has 6 rings (SSSR count). The molecule has 0 bridgehead atoms. The van der Waals surface area contributed by atoms with Crippen molar-refractivity contribution in [3.05, 3.63) is 142 Å². The van der Waals surface area contributed by atoms with Gasteiger partial charge in [0.15, 0.2) is 0 Å². The molecule has 4 aromatic rings. The van der Waals surface area contributed by atoms with Gasteiger partial charge in [-0.2, -0.15) is 0 Å². The molecule has 0 spiro atoms. The summed E-state index contributed by atoms with van der Waals surface area (Å²) in [6.45, 7) is 0. The summed E-state index contributed by atoms with van der Waals surface area (Å²) in [5.41, 5.74) is 6.02. The van der Waals surface area contributed by atoms with E-state index in [1.165, 1.54) is 11.1 Å². The molecular formula is C30H26Cl2SiTi. The third kappa shape index (κ3) is 4.44. The molecule has 0 aliphatic heterocycles. The summed E-state index contributed by atoms with van der Waals surface area (Å²) in [6, 6.07) is 41.2. The van der Waals surface area contributed by atoms with Crippen LogP contribution in [0.1, 0.15) is 21.8 Å². The molecule has 168 valence electrons. The van der Waals surface area contributed by atoms with Crippen molar-refractivity contribution in [2.24, 2.45) is 0 Å². The summed E-state index contributed by atoms with van der Waals surface area (Å²) in [5, 5.41) is 3.13. The summed E-state index contributed by atoms with van der Waals surface area (Å²) < 4.78 is 2.28. The van der Waals surface area contributed by atoms with Gasteiger partial charge < -0.3 is 0 Å². The van der Waals surface area contributed by atoms with Crippen molar-refractivity contribution in [1.29, 1.82) is 0 Å². The van der Waals surface area contributed by atoms with Crippen LogP contribution in [0, 0.1) is 0 Å². The van der Waals surface area contributed by atoms with Gasteiger partial charge in [0, 0.05) is 0 Å². The topological polar surface area (TPSA) is 0 Å². The Kier molecular flexibility index (Phi) is 8.14. The summed E-state index contributed by atoms with van der Waals surface area (Å²) in [5.74, 6) is 0. The van der Waals surface area contributed by atoms with E-state index in [1.54, 1.807) is 25.4 Å². The first kappa shape index (κ1) is 25.0. The molecule has 4 aromatic carbocycles. The van der Waals surface area contributed by atoms with Crippen molar-refractivity contribution in [1.82, 2.24) is 0 Å². The SMILES string of the molecule is C1=CC[C]([Ti]([CH]2c3ccccc3-c3ccccc32)=[Si](c2ccccc2)c2ccccc2)=C1.Cl.Cl. The number of rotatable bonds is 4. The minimum absolute atomic E-state index is 0. The van der Waals surface area contributed by atoms with Crippen LogP contribution in [0.15, 0.2) is 131 Å². The predicted octanol–water partition coefficient (Wildman–Crippen LogP) is 6.87. The molecule has 0 nitrogen and oxygen atoms in total. The first-order valence-electron chi connectivity index (χ1n) is 11.3. The monoisotopic (exact) mass is 532 g/mol. The van der Waals surface area contributed by atoms with Crippen molar-refractivity contribution >= 4 is 41.4 Å². The van der Waals surface area contributed by atoms with Crippen LogP contribution in [-0.2, 0) is 16.6 Å². The van der Waals surface area contributed by atoms with Gasteiger partial charge in [0.1, 0.15) is 0 Å². The molecule has 0 atom stereocenters. The van der Waals surface area contributed by atoms with Gasteiger partial charge in [-0.25, -0.2) is 0 Å². The average molecular weight is 533 g/mol. The molecule has 0 heterocycles. The minimum Gasteiger partial charge on any atom is -0.147 e. The molecule has 0 saturated carbocycles. The Morgan fingerprint density at radius 1 is 0.588 bits per heavy atom. The first-order chi connectivity index (χ1) is 15.9. The first-order valence-corrected chi connectivity index (χ1v) is 16.8. The second kappa shape index (κ2) is 11.1. The van der Waals surface area contributed by atoms with Crippen LogP contribution in [0.4, 0.5) is 0 Å². The van der Waals surface area contributed by atoms with Gasteiger partial charge in [-0.05, 0) is 0 Å². The van der Waals surface area contributed by atoms with Crippen molar-refractivity contribution in [2.45, 2.75) is 10.6 Å². The fourth-order valence-corrected chi connectivity index (χ4v) is 20.6. The van der Waals surface area contributed by atoms with Crippen molar-refractivity contribution in [2.75, 3.05) is 0 Å². The van der Waals surface area contributed by atoms with E-state index in [9.17, 15) is 0 Å². The third-order valence-electron chi connectivity index (χ3n) is 6.63. The molecule has 0 saturated heterocycles. The second-order valence-electron chi connectivity index (χ2n) is 8.45. The zero-order valence-corrected chi connectivity index (χ0v) is 22.9. The van der Waals surface area contributed by atoms with Gasteiger partial charge in [0.05, 0.1) is 0 Å². The molecule has 0 fully saturated rings. The normalized spacial score (nSPS) is 13.2. The van der Waals surface area contributed by atoms with Crippen LogP contribution in [0.3, 0.4) is 0 Å². The Morgan fingerprint density at radius 2 is 1.06 bits per heavy atom. The van der Waals surface area contributed by atoms with Gasteiger partial charge >= 0.3 is 197 Å². The van der Waals surface area contributed by atoms with Crippen LogP contribution in [0.2, 0.25) is 0 Å². The molecule has 0 N–H and O–H groups in total. The Morgan fingerprint density at radius 3 is 1.53 bits per heavy atom. The van der Waals surface area contributed by atoms with E-state index in [2.05, 4.69) is 127 Å². The van der Waals surface area contributed by atoms with E-state index in [4.69, 9.17) is 0 Å². The Labute approximate surface area is 220 Å². The summed E-state index contributed by atoms with van der Waals surface area (Å²) in [7, 11) is 0. The molecule has 4 heteroatoms. The third-order valence-corrected chi connectivity index (χ3v) is 20.3. The molecule has 0 unspecified atom stereocenters. The predicted molar refractivity (Wildman–Crippen MR) is 148 cm³/mol. The van der Waals surface area contributed by atoms with Crippen LogP contribution >= 0.6 is 24.8 Å². The quantitative estimate of drug-likeness (QED) is 0.251. The van der Waals surface area contributed by atoms with E-state index in [0.29, 0.717) is 4.22 Å². The van der Waals surface area contributed by atoms with Crippen molar-refractivity contribution in [3.8, 4) is 11.1 Å². The maximum Gasteiger partial charge on any atom is -0.147 e. The maximum atomic E-state index is 2.47. The Bertz CT molecular complexity index is 1300. The molecule has 2 aliphatic rings. The van der Waals surface area contributed by atoms with Gasteiger partial charge in [-0.15, -0.1) is 24.8 Å². The zero-order chi connectivity index (χ0) is 21.3. The Balaban J connectivity index is 0.00000137. The van der Waals surface area contributed by atoms with Gasteiger partial charge in [0.2, 0.25) is 0 Å². The number of halogens is 2. The van der Waals surface area contributed by atoms with Crippen molar-refractivity contribution in [3.63, 3.8) is 0 Å². The average Bonchev–Trinajstić information content (AvgIpc) is 3.51. The van der Waals surface area contributed by atoms with E-state index >= 15 is 0 Å². The molecule has 0 radical (unpaired) electrons. The molecular weight excluding hydrogens is 507 g/mol. The molecule has 2 aliphatic carbocycles. The number of fused-ring (bicyclic) bond motifs is 3. The number of hydrogen-bond donors (Lipinski definition) is 0. The molecule has 0 amide bonds. The second-order valence-corrected chi connectivity index (χ2v) is 18.1. The van der Waals surface area contributed by atoms with E-state index in [0.717, 1.165) is 6.42 Å². The summed E-state index contributed by atoms with van der Waals surface area (Å²) in [4.78, 5) is 0. The summed E-state index contributed by atoms with van der Waals surface area (Å²) in [6.07, 6.45) is 7.33. The van der Waals surface area contributed by atoms with Crippen LogP contribution in [-0.4, -0.2) is 6.19 Å².